The molecule has 29 heavy (non-hydrogen) atoms. The number of aryl methyl sites for hydroxylation is 1. The van der Waals surface area contributed by atoms with E-state index in [1.807, 2.05) is 11.6 Å². The molecular weight excluding hydrogens is 376 g/mol. The normalized spacial score (nSPS) is 22.2. The van der Waals surface area contributed by atoms with E-state index in [4.69, 9.17) is 13.9 Å². The fourth-order valence-corrected chi connectivity index (χ4v) is 3.82. The molecule has 0 amide bonds. The molecule has 2 atom stereocenters. The van der Waals surface area contributed by atoms with Crippen LogP contribution >= 0.6 is 0 Å². The maximum atomic E-state index is 11.7. The molecule has 5 heterocycles. The Hall–Kier alpha value is -3.01. The van der Waals surface area contributed by atoms with Crippen molar-refractivity contribution < 1.29 is 18.7 Å². The summed E-state index contributed by atoms with van der Waals surface area (Å²) in [6, 6.07) is -0.0452. The minimum atomic E-state index is -0.203. The van der Waals surface area contributed by atoms with Crippen LogP contribution in [-0.4, -0.2) is 56.8 Å². The molecule has 10 heteroatoms. The lowest BCUT2D eigenvalue weighted by atomic mass is 10.1. The van der Waals surface area contributed by atoms with E-state index >= 15 is 0 Å². The molecule has 0 radical (unpaired) electrons. The van der Waals surface area contributed by atoms with E-state index in [0.717, 1.165) is 29.6 Å². The minimum Gasteiger partial charge on any atom is -0.466 e. The summed E-state index contributed by atoms with van der Waals surface area (Å²) in [5.74, 6) is 0.895. The molecule has 10 nitrogen and oxygen atoms in total. The van der Waals surface area contributed by atoms with E-state index < -0.39 is 0 Å². The molecule has 0 aliphatic carbocycles. The number of rotatable bonds is 5. The lowest BCUT2D eigenvalue weighted by molar-refractivity contribution is -0.147. The van der Waals surface area contributed by atoms with Gasteiger partial charge in [-0.15, -0.1) is 10.2 Å². The maximum Gasteiger partial charge on any atom is 0.307 e. The van der Waals surface area contributed by atoms with Crippen LogP contribution in [0.3, 0.4) is 0 Å². The Bertz CT molecular complexity index is 1040. The monoisotopic (exact) mass is 398 g/mol. The van der Waals surface area contributed by atoms with Crippen molar-refractivity contribution in [2.24, 2.45) is 0 Å². The highest BCUT2D eigenvalue weighted by Gasteiger charge is 2.27. The lowest BCUT2D eigenvalue weighted by Crippen LogP contribution is -2.31. The largest absolute Gasteiger partial charge is 0.466 e. The van der Waals surface area contributed by atoms with Crippen molar-refractivity contribution in [1.29, 1.82) is 0 Å². The molecular formula is C19H22N6O4. The molecule has 3 aromatic rings. The Morgan fingerprint density at radius 1 is 1.24 bits per heavy atom. The third kappa shape index (κ3) is 3.33. The van der Waals surface area contributed by atoms with Crippen molar-refractivity contribution in [2.75, 3.05) is 25.1 Å². The number of nitrogens with one attached hydrogen (secondary N) is 1. The summed E-state index contributed by atoms with van der Waals surface area (Å²) < 4.78 is 18.3. The minimum absolute atomic E-state index is 0.0452. The number of aromatic nitrogens is 5. The molecule has 5 rings (SSSR count). The average Bonchev–Trinajstić information content (AvgIpc) is 3.47. The number of hydrogen-bond donors (Lipinski definition) is 1. The van der Waals surface area contributed by atoms with Crippen LogP contribution in [0, 0.1) is 0 Å². The van der Waals surface area contributed by atoms with Crippen LogP contribution in [0.5, 0.6) is 0 Å². The summed E-state index contributed by atoms with van der Waals surface area (Å²) >= 11 is 0. The number of fused-ring (bicyclic) bond motifs is 1. The molecule has 152 valence electrons. The van der Waals surface area contributed by atoms with E-state index in [2.05, 4.69) is 25.6 Å². The smallest absolute Gasteiger partial charge is 0.307 e. The molecule has 2 aliphatic heterocycles. The van der Waals surface area contributed by atoms with Crippen molar-refractivity contribution in [1.82, 2.24) is 25.0 Å². The predicted octanol–water partition coefficient (Wildman–Crippen LogP) is 2.12. The molecule has 0 spiro atoms. The van der Waals surface area contributed by atoms with Gasteiger partial charge in [0.1, 0.15) is 0 Å². The summed E-state index contributed by atoms with van der Waals surface area (Å²) in [4.78, 5) is 16.3. The van der Waals surface area contributed by atoms with Gasteiger partial charge in [-0.1, -0.05) is 0 Å². The number of hydrogen-bond acceptors (Lipinski definition) is 9. The highest BCUT2D eigenvalue weighted by atomic mass is 16.5. The molecule has 0 aromatic carbocycles. The zero-order valence-corrected chi connectivity index (χ0v) is 16.1. The van der Waals surface area contributed by atoms with Crippen molar-refractivity contribution in [2.45, 2.75) is 44.7 Å². The second-order valence-corrected chi connectivity index (χ2v) is 7.30. The summed E-state index contributed by atoms with van der Waals surface area (Å²) in [5, 5.41) is 17.3. The van der Waals surface area contributed by atoms with Gasteiger partial charge in [-0.05, 0) is 13.3 Å². The summed E-state index contributed by atoms with van der Waals surface area (Å²) in [5.41, 5.74) is 2.26. The Balaban J connectivity index is 1.56. The second kappa shape index (κ2) is 7.43. The van der Waals surface area contributed by atoms with Gasteiger partial charge in [0.05, 0.1) is 48.4 Å². The number of carbonyl (C=O) groups is 1. The number of pyridine rings is 1. The van der Waals surface area contributed by atoms with E-state index in [0.29, 0.717) is 50.1 Å². The summed E-state index contributed by atoms with van der Waals surface area (Å²) in [6.07, 6.45) is 5.41. The van der Waals surface area contributed by atoms with Gasteiger partial charge in [-0.25, -0.2) is 9.67 Å². The first-order valence-corrected chi connectivity index (χ1v) is 9.91. The number of esters is 1. The number of nitrogens with zero attached hydrogens (tertiary/aromatic N) is 5. The van der Waals surface area contributed by atoms with Crippen LogP contribution in [0.4, 0.5) is 5.69 Å². The van der Waals surface area contributed by atoms with Crippen LogP contribution in [0.15, 0.2) is 16.8 Å². The first-order valence-electron chi connectivity index (χ1n) is 9.91. The number of anilines is 1. The molecule has 0 saturated carbocycles. The molecule has 2 saturated heterocycles. The molecule has 3 aromatic heterocycles. The van der Waals surface area contributed by atoms with E-state index in [-0.39, 0.29) is 17.9 Å². The summed E-state index contributed by atoms with van der Waals surface area (Å²) in [7, 11) is 0. The number of cyclic esters (lactones) is 1. The average molecular weight is 398 g/mol. The van der Waals surface area contributed by atoms with Gasteiger partial charge in [0.2, 0.25) is 5.89 Å². The standard InChI is InChI=1S/C19H22N6O4/c1-2-25-17-13(9-21-25)16(22-12-4-6-28-15(26)7-12)14(8-20-17)19-24-23-18(29-19)11-3-5-27-10-11/h8-9,11-12H,2-7,10H2,1H3,(H,20,22). The van der Waals surface area contributed by atoms with Crippen molar-refractivity contribution in [3.63, 3.8) is 0 Å². The van der Waals surface area contributed by atoms with Crippen LogP contribution in [-0.2, 0) is 20.8 Å². The van der Waals surface area contributed by atoms with E-state index in [1.54, 1.807) is 12.4 Å². The topological polar surface area (TPSA) is 117 Å². The molecule has 2 unspecified atom stereocenters. The third-order valence-electron chi connectivity index (χ3n) is 5.41. The number of carbonyl (C=O) groups excluding carboxylic acids is 1. The van der Waals surface area contributed by atoms with Crippen molar-refractivity contribution in [3.05, 3.63) is 18.3 Å². The van der Waals surface area contributed by atoms with Crippen molar-refractivity contribution >= 4 is 22.7 Å². The molecule has 2 aliphatic rings. The summed E-state index contributed by atoms with van der Waals surface area (Å²) in [6.45, 7) is 4.42. The Morgan fingerprint density at radius 3 is 2.97 bits per heavy atom. The second-order valence-electron chi connectivity index (χ2n) is 7.30. The van der Waals surface area contributed by atoms with Gasteiger partial charge in [0.25, 0.3) is 5.89 Å². The first-order chi connectivity index (χ1) is 14.2. The molecule has 0 bridgehead atoms. The van der Waals surface area contributed by atoms with Crippen LogP contribution in [0.1, 0.15) is 38.0 Å². The number of ether oxygens (including phenoxy) is 2. The zero-order chi connectivity index (χ0) is 19.8. The fourth-order valence-electron chi connectivity index (χ4n) is 3.82. The van der Waals surface area contributed by atoms with Gasteiger partial charge < -0.3 is 19.2 Å². The van der Waals surface area contributed by atoms with E-state index in [9.17, 15) is 4.79 Å². The third-order valence-corrected chi connectivity index (χ3v) is 5.41. The van der Waals surface area contributed by atoms with E-state index in [1.165, 1.54) is 0 Å². The lowest BCUT2D eigenvalue weighted by Gasteiger charge is -2.24. The van der Waals surface area contributed by atoms with Gasteiger partial charge in [-0.3, -0.25) is 4.79 Å². The Labute approximate surface area is 166 Å². The SMILES string of the molecule is CCn1ncc2c(NC3CCOC(=O)C3)c(-c3nnc(C4CCOC4)o3)cnc21. The fraction of sp³-hybridized carbons (Fsp3) is 0.526. The van der Waals surface area contributed by atoms with Crippen LogP contribution in [0.25, 0.3) is 22.5 Å². The Morgan fingerprint density at radius 2 is 2.17 bits per heavy atom. The predicted molar refractivity (Wildman–Crippen MR) is 102 cm³/mol. The van der Waals surface area contributed by atoms with Gasteiger partial charge in [0, 0.05) is 31.8 Å². The molecule has 1 N–H and O–H groups in total. The van der Waals surface area contributed by atoms with Gasteiger partial charge in [0.15, 0.2) is 5.65 Å². The highest BCUT2D eigenvalue weighted by molar-refractivity contribution is 5.96. The highest BCUT2D eigenvalue weighted by Crippen LogP contribution is 2.35. The van der Waals surface area contributed by atoms with Crippen LogP contribution < -0.4 is 5.32 Å². The zero-order valence-electron chi connectivity index (χ0n) is 16.1. The quantitative estimate of drug-likeness (QED) is 0.645. The molecule has 2 fully saturated rings. The first kappa shape index (κ1) is 18.0. The van der Waals surface area contributed by atoms with Gasteiger partial charge in [-0.2, -0.15) is 5.10 Å². The van der Waals surface area contributed by atoms with Crippen LogP contribution in [0.2, 0.25) is 0 Å². The maximum absolute atomic E-state index is 11.7. The van der Waals surface area contributed by atoms with Crippen molar-refractivity contribution in [3.8, 4) is 11.5 Å². The van der Waals surface area contributed by atoms with Gasteiger partial charge >= 0.3 is 5.97 Å². The Kier molecular flexibility index (Phi) is 4.62.